The first-order chi connectivity index (χ1) is 16.4. The predicted octanol–water partition coefficient (Wildman–Crippen LogP) is 2.27. The monoisotopic (exact) mass is 487 g/mol. The van der Waals surface area contributed by atoms with Crippen LogP contribution < -0.4 is 16.0 Å². The molecule has 1 aliphatic carbocycles. The highest BCUT2D eigenvalue weighted by Gasteiger charge is 2.50. The van der Waals surface area contributed by atoms with Crippen molar-refractivity contribution in [1.29, 1.82) is 0 Å². The van der Waals surface area contributed by atoms with Crippen molar-refractivity contribution in [2.75, 3.05) is 6.61 Å². The number of ketones is 1. The zero-order valence-electron chi connectivity index (χ0n) is 21.2. The molecule has 0 spiro atoms. The lowest BCUT2D eigenvalue weighted by Gasteiger charge is -2.26. The predicted molar refractivity (Wildman–Crippen MR) is 130 cm³/mol. The Morgan fingerprint density at radius 2 is 1.63 bits per heavy atom. The average Bonchev–Trinajstić information content (AvgIpc) is 3.70. The van der Waals surface area contributed by atoms with Gasteiger partial charge in [-0.25, -0.2) is 4.79 Å². The normalized spacial score (nSPS) is 21.7. The summed E-state index contributed by atoms with van der Waals surface area (Å²) in [6, 6.07) is 6.93. The Morgan fingerprint density at radius 1 is 1.03 bits per heavy atom. The van der Waals surface area contributed by atoms with Gasteiger partial charge in [-0.3, -0.25) is 14.4 Å². The van der Waals surface area contributed by atoms with Crippen LogP contribution in [-0.4, -0.2) is 59.6 Å². The Morgan fingerprint density at radius 3 is 2.17 bits per heavy atom. The van der Waals surface area contributed by atoms with E-state index in [1.807, 2.05) is 30.3 Å². The number of amides is 3. The fourth-order valence-electron chi connectivity index (χ4n) is 3.72. The molecule has 9 heteroatoms. The van der Waals surface area contributed by atoms with Crippen LogP contribution in [0.3, 0.4) is 0 Å². The van der Waals surface area contributed by atoms with Gasteiger partial charge in [-0.15, -0.1) is 0 Å². The number of ether oxygens (including phenoxy) is 2. The lowest BCUT2D eigenvalue weighted by Crippen LogP contribution is -2.56. The topological polar surface area (TPSA) is 126 Å². The number of benzene rings is 1. The van der Waals surface area contributed by atoms with Gasteiger partial charge in [0.15, 0.2) is 5.78 Å². The van der Waals surface area contributed by atoms with Gasteiger partial charge < -0.3 is 25.4 Å². The van der Waals surface area contributed by atoms with E-state index in [1.54, 1.807) is 27.7 Å². The Hall–Kier alpha value is -2.94. The van der Waals surface area contributed by atoms with Crippen molar-refractivity contribution in [2.24, 2.45) is 5.92 Å². The molecule has 2 fully saturated rings. The summed E-state index contributed by atoms with van der Waals surface area (Å²) in [4.78, 5) is 51.2. The van der Waals surface area contributed by atoms with Crippen molar-refractivity contribution in [1.82, 2.24) is 16.0 Å². The number of hydrogen-bond acceptors (Lipinski definition) is 6. The molecule has 1 aliphatic heterocycles. The maximum Gasteiger partial charge on any atom is 0.408 e. The van der Waals surface area contributed by atoms with Gasteiger partial charge in [-0.2, -0.15) is 0 Å². The highest BCUT2D eigenvalue weighted by Crippen LogP contribution is 2.34. The molecule has 1 unspecified atom stereocenters. The molecule has 0 radical (unpaired) electrons. The summed E-state index contributed by atoms with van der Waals surface area (Å²) in [7, 11) is 0. The average molecular weight is 488 g/mol. The van der Waals surface area contributed by atoms with E-state index in [-0.39, 0.29) is 5.78 Å². The number of rotatable bonds is 11. The highest BCUT2D eigenvalue weighted by atomic mass is 16.6. The minimum atomic E-state index is -0.903. The minimum absolute atomic E-state index is 0.189. The third kappa shape index (κ3) is 8.35. The van der Waals surface area contributed by atoms with E-state index in [4.69, 9.17) is 9.47 Å². The summed E-state index contributed by atoms with van der Waals surface area (Å²) in [6.45, 7) is 8.75. The molecule has 4 atom stereocenters. The highest BCUT2D eigenvalue weighted by molar-refractivity contribution is 5.98. The molecule has 1 saturated carbocycles. The van der Waals surface area contributed by atoms with Crippen molar-refractivity contribution in [3.63, 3.8) is 0 Å². The van der Waals surface area contributed by atoms with E-state index in [0.29, 0.717) is 25.4 Å². The Labute approximate surface area is 206 Å². The van der Waals surface area contributed by atoms with Crippen LogP contribution in [0.4, 0.5) is 4.79 Å². The second-order valence-corrected chi connectivity index (χ2v) is 10.7. The van der Waals surface area contributed by atoms with E-state index in [2.05, 4.69) is 16.0 Å². The maximum atomic E-state index is 13.3. The Balaban J connectivity index is 1.66. The number of alkyl carbamates (subject to hydrolysis) is 1. The molecule has 0 bridgehead atoms. The van der Waals surface area contributed by atoms with Gasteiger partial charge in [0.25, 0.3) is 0 Å². The first-order valence-corrected chi connectivity index (χ1v) is 12.2. The Bertz CT molecular complexity index is 934. The summed E-state index contributed by atoms with van der Waals surface area (Å²) in [5.41, 5.74) is -0.682. The molecule has 3 N–H and O–H groups in total. The van der Waals surface area contributed by atoms with Crippen LogP contribution in [0.1, 0.15) is 59.4 Å². The molecular weight excluding hydrogens is 450 g/mol. The number of carbonyl (C=O) groups is 4. The number of Topliss-reactive ketones (excluding diaryl/α,β-unsaturated/α-hetero) is 1. The molecule has 1 heterocycles. The molecule has 1 saturated heterocycles. The largest absolute Gasteiger partial charge is 0.444 e. The zero-order chi connectivity index (χ0) is 25.8. The summed E-state index contributed by atoms with van der Waals surface area (Å²) >= 11 is 0. The standard InChI is InChI=1S/C26H37N3O6/c1-16(27-24(33)35-25(2,3)4)22(31)29-20(14-18-11-12-18)23(32)28-19(21(30)26(5)15-34-26)13-17-9-7-6-8-10-17/h6-10,16,18-20H,11-15H2,1-5H3,(H,27,33)(H,28,32)(H,29,31)/t16-,19?,20-,26+/m0/s1. The molecule has 9 nitrogen and oxygen atoms in total. The summed E-state index contributed by atoms with van der Waals surface area (Å²) in [5.74, 6) is -0.771. The lowest BCUT2D eigenvalue weighted by atomic mass is 9.94. The number of hydrogen-bond donors (Lipinski definition) is 3. The van der Waals surface area contributed by atoms with Crippen LogP contribution in [-0.2, 0) is 30.3 Å². The molecule has 1 aromatic carbocycles. The van der Waals surface area contributed by atoms with Crippen molar-refractivity contribution < 1.29 is 28.7 Å². The number of nitrogens with one attached hydrogen (secondary N) is 3. The smallest absolute Gasteiger partial charge is 0.408 e. The van der Waals surface area contributed by atoms with Crippen molar-refractivity contribution >= 4 is 23.7 Å². The third-order valence-electron chi connectivity index (χ3n) is 6.04. The maximum absolute atomic E-state index is 13.3. The second-order valence-electron chi connectivity index (χ2n) is 10.7. The van der Waals surface area contributed by atoms with Crippen molar-refractivity contribution in [2.45, 2.75) is 89.6 Å². The fraction of sp³-hybridized carbons (Fsp3) is 0.615. The first-order valence-electron chi connectivity index (χ1n) is 12.2. The summed E-state index contributed by atoms with van der Waals surface area (Å²) in [6.07, 6.45) is 2.06. The molecule has 2 aliphatic rings. The van der Waals surface area contributed by atoms with E-state index in [9.17, 15) is 19.2 Å². The van der Waals surface area contributed by atoms with Gasteiger partial charge in [0.05, 0.1) is 12.6 Å². The van der Waals surface area contributed by atoms with Crippen molar-refractivity contribution in [3.05, 3.63) is 35.9 Å². The van der Waals surface area contributed by atoms with Crippen molar-refractivity contribution in [3.8, 4) is 0 Å². The third-order valence-corrected chi connectivity index (χ3v) is 6.04. The second kappa shape index (κ2) is 10.8. The van der Waals surface area contributed by atoms with E-state index in [1.165, 1.54) is 6.92 Å². The molecule has 192 valence electrons. The number of epoxide rings is 1. The van der Waals surface area contributed by atoms with Crippen LogP contribution in [0.25, 0.3) is 0 Å². The molecule has 1 aromatic rings. The fourth-order valence-corrected chi connectivity index (χ4v) is 3.72. The zero-order valence-corrected chi connectivity index (χ0v) is 21.2. The number of carbonyl (C=O) groups excluding carboxylic acids is 4. The SMILES string of the molecule is C[C@H](NC(=O)OC(C)(C)C)C(=O)N[C@@H](CC1CC1)C(=O)NC(Cc1ccccc1)C(=O)[C@@]1(C)CO1. The molecule has 35 heavy (non-hydrogen) atoms. The van der Waals surface area contributed by atoms with Crippen LogP contribution in [0, 0.1) is 5.92 Å². The Kier molecular flexibility index (Phi) is 8.20. The summed E-state index contributed by atoms with van der Waals surface area (Å²) < 4.78 is 10.5. The summed E-state index contributed by atoms with van der Waals surface area (Å²) in [5, 5.41) is 8.11. The van der Waals surface area contributed by atoms with Crippen LogP contribution in [0.2, 0.25) is 0 Å². The van der Waals surface area contributed by atoms with E-state index in [0.717, 1.165) is 18.4 Å². The van der Waals surface area contributed by atoms with Crippen LogP contribution >= 0.6 is 0 Å². The van der Waals surface area contributed by atoms with Gasteiger partial charge in [0.2, 0.25) is 11.8 Å². The van der Waals surface area contributed by atoms with Gasteiger partial charge in [0.1, 0.15) is 23.3 Å². The van der Waals surface area contributed by atoms with Gasteiger partial charge >= 0.3 is 6.09 Å². The quantitative estimate of drug-likeness (QED) is 0.411. The van der Waals surface area contributed by atoms with E-state index < -0.39 is 47.2 Å². The van der Waals surface area contributed by atoms with Crippen LogP contribution in [0.15, 0.2) is 30.3 Å². The first kappa shape index (κ1) is 26.7. The minimum Gasteiger partial charge on any atom is -0.444 e. The molecule has 3 rings (SSSR count). The van der Waals surface area contributed by atoms with Gasteiger partial charge in [-0.1, -0.05) is 43.2 Å². The molecule has 0 aromatic heterocycles. The van der Waals surface area contributed by atoms with E-state index >= 15 is 0 Å². The lowest BCUT2D eigenvalue weighted by molar-refractivity contribution is -0.133. The molecular formula is C26H37N3O6. The molecule has 3 amide bonds. The van der Waals surface area contributed by atoms with Gasteiger partial charge in [0, 0.05) is 0 Å². The van der Waals surface area contributed by atoms with Crippen LogP contribution in [0.5, 0.6) is 0 Å². The van der Waals surface area contributed by atoms with Gasteiger partial charge in [-0.05, 0) is 58.9 Å².